The van der Waals surface area contributed by atoms with E-state index in [1.807, 2.05) is 12.1 Å². The summed E-state index contributed by atoms with van der Waals surface area (Å²) in [7, 11) is 0. The number of benzene rings is 9. The SMILES string of the molecule is C1=Cc2c(cccc2-c2ccc(N(c3ccc(-c4ccc5oc6ccccc6c5c4)cc3)c3ccccc3-c3cccc4c3oc3cc5ccccc5cc34)cc2)CC1. The summed E-state index contributed by atoms with van der Waals surface area (Å²) >= 11 is 0. The zero-order valence-corrected chi connectivity index (χ0v) is 32.2. The smallest absolute Gasteiger partial charge is 0.143 e. The lowest BCUT2D eigenvalue weighted by molar-refractivity contribution is 0.669. The van der Waals surface area contributed by atoms with Crippen LogP contribution >= 0.6 is 0 Å². The van der Waals surface area contributed by atoms with Gasteiger partial charge in [-0.2, -0.15) is 0 Å². The van der Waals surface area contributed by atoms with Crippen LogP contribution in [0.2, 0.25) is 0 Å². The molecule has 0 aliphatic heterocycles. The largest absolute Gasteiger partial charge is 0.456 e. The number of aryl methyl sites for hydroxylation is 1. The molecule has 0 amide bonds. The van der Waals surface area contributed by atoms with E-state index in [4.69, 9.17) is 8.83 Å². The lowest BCUT2D eigenvalue weighted by Crippen LogP contribution is -2.11. The molecule has 12 rings (SSSR count). The molecule has 3 heteroatoms. The van der Waals surface area contributed by atoms with Gasteiger partial charge in [0.25, 0.3) is 0 Å². The van der Waals surface area contributed by atoms with Crippen LogP contribution in [0.3, 0.4) is 0 Å². The van der Waals surface area contributed by atoms with Crippen molar-refractivity contribution in [3.8, 4) is 33.4 Å². The van der Waals surface area contributed by atoms with Crippen LogP contribution in [0.4, 0.5) is 17.1 Å². The van der Waals surface area contributed by atoms with Crippen molar-refractivity contribution in [3.05, 3.63) is 205 Å². The Kier molecular flexibility index (Phi) is 7.67. The Labute approximate surface area is 341 Å². The second kappa shape index (κ2) is 13.5. The molecule has 2 aromatic heterocycles. The average Bonchev–Trinajstić information content (AvgIpc) is 3.86. The van der Waals surface area contributed by atoms with Crippen molar-refractivity contribution in [2.45, 2.75) is 12.8 Å². The molecule has 2 heterocycles. The van der Waals surface area contributed by atoms with Crippen molar-refractivity contribution in [2.75, 3.05) is 4.90 Å². The van der Waals surface area contributed by atoms with Crippen LogP contribution in [0.15, 0.2) is 203 Å². The highest BCUT2D eigenvalue weighted by Gasteiger charge is 2.21. The minimum absolute atomic E-state index is 0.889. The fourth-order valence-corrected chi connectivity index (χ4v) is 9.24. The summed E-state index contributed by atoms with van der Waals surface area (Å²) in [5.74, 6) is 0. The molecule has 3 nitrogen and oxygen atoms in total. The van der Waals surface area contributed by atoms with Gasteiger partial charge in [0.2, 0.25) is 0 Å². The summed E-state index contributed by atoms with van der Waals surface area (Å²) in [6.07, 6.45) is 6.76. The monoisotopic (exact) mass is 755 g/mol. The number of para-hydroxylation sites is 3. The van der Waals surface area contributed by atoms with E-state index in [1.165, 1.54) is 33.0 Å². The van der Waals surface area contributed by atoms with Gasteiger partial charge >= 0.3 is 0 Å². The van der Waals surface area contributed by atoms with E-state index in [2.05, 4.69) is 193 Å². The van der Waals surface area contributed by atoms with Gasteiger partial charge in [0.05, 0.1) is 5.69 Å². The number of nitrogens with zero attached hydrogens (tertiary/aromatic N) is 1. The number of rotatable bonds is 6. The first-order valence-corrected chi connectivity index (χ1v) is 20.4. The Bertz CT molecular complexity index is 3440. The van der Waals surface area contributed by atoms with Crippen molar-refractivity contribution in [3.63, 3.8) is 0 Å². The van der Waals surface area contributed by atoms with Gasteiger partial charge in [0.1, 0.15) is 22.3 Å². The number of allylic oxidation sites excluding steroid dienone is 1. The molecule has 0 radical (unpaired) electrons. The predicted octanol–water partition coefficient (Wildman–Crippen LogP) is 16.1. The quantitative estimate of drug-likeness (QED) is 0.169. The summed E-state index contributed by atoms with van der Waals surface area (Å²) in [6, 6.07) is 67.6. The van der Waals surface area contributed by atoms with Crippen LogP contribution < -0.4 is 4.90 Å². The lowest BCUT2D eigenvalue weighted by Gasteiger charge is -2.28. The Morgan fingerprint density at radius 1 is 0.407 bits per heavy atom. The zero-order valence-electron chi connectivity index (χ0n) is 32.2. The molecule has 11 aromatic rings. The van der Waals surface area contributed by atoms with Crippen LogP contribution in [-0.4, -0.2) is 0 Å². The van der Waals surface area contributed by atoms with E-state index in [9.17, 15) is 0 Å². The second-order valence-electron chi connectivity index (χ2n) is 15.6. The maximum Gasteiger partial charge on any atom is 0.143 e. The fraction of sp³-hybridized carbons (Fsp3) is 0.0357. The number of furan rings is 2. The molecule has 1 aliphatic rings. The maximum absolute atomic E-state index is 6.79. The molecule has 0 fully saturated rings. The Balaban J connectivity index is 1.01. The van der Waals surface area contributed by atoms with Crippen molar-refractivity contribution in [2.24, 2.45) is 0 Å². The third-order valence-corrected chi connectivity index (χ3v) is 12.1. The highest BCUT2D eigenvalue weighted by molar-refractivity contribution is 6.14. The van der Waals surface area contributed by atoms with Gasteiger partial charge in [-0.1, -0.05) is 140 Å². The first-order valence-electron chi connectivity index (χ1n) is 20.4. The number of anilines is 3. The molecule has 0 saturated heterocycles. The van der Waals surface area contributed by atoms with E-state index in [0.717, 1.165) is 96.0 Å². The van der Waals surface area contributed by atoms with Gasteiger partial charge < -0.3 is 13.7 Å². The van der Waals surface area contributed by atoms with E-state index in [1.54, 1.807) is 0 Å². The zero-order chi connectivity index (χ0) is 38.9. The molecule has 59 heavy (non-hydrogen) atoms. The van der Waals surface area contributed by atoms with Gasteiger partial charge in [0, 0.05) is 44.0 Å². The molecular weight excluding hydrogens is 719 g/mol. The van der Waals surface area contributed by atoms with Crippen LogP contribution in [0.5, 0.6) is 0 Å². The maximum atomic E-state index is 6.79. The molecule has 0 unspecified atom stereocenters. The van der Waals surface area contributed by atoms with Gasteiger partial charge in [-0.3, -0.25) is 0 Å². The van der Waals surface area contributed by atoms with Crippen LogP contribution in [-0.2, 0) is 6.42 Å². The fourth-order valence-electron chi connectivity index (χ4n) is 9.24. The minimum Gasteiger partial charge on any atom is -0.456 e. The normalized spacial score (nSPS) is 12.5. The van der Waals surface area contributed by atoms with Crippen molar-refractivity contribution in [1.29, 1.82) is 0 Å². The first kappa shape index (κ1) is 33.5. The molecule has 278 valence electrons. The highest BCUT2D eigenvalue weighted by Crippen LogP contribution is 2.46. The Morgan fingerprint density at radius 2 is 1.05 bits per heavy atom. The summed E-state index contributed by atoms with van der Waals surface area (Å²) in [6.45, 7) is 0. The van der Waals surface area contributed by atoms with Crippen LogP contribution in [0.1, 0.15) is 17.5 Å². The molecular formula is C56H37NO2. The van der Waals surface area contributed by atoms with Crippen molar-refractivity contribution in [1.82, 2.24) is 0 Å². The average molecular weight is 756 g/mol. The van der Waals surface area contributed by atoms with Crippen LogP contribution in [0, 0.1) is 0 Å². The van der Waals surface area contributed by atoms with E-state index in [-0.39, 0.29) is 0 Å². The molecule has 0 spiro atoms. The summed E-state index contributed by atoms with van der Waals surface area (Å²) in [4.78, 5) is 2.38. The van der Waals surface area contributed by atoms with Gasteiger partial charge in [-0.25, -0.2) is 0 Å². The standard InChI is InChI=1S/C56H37NO2/c1-2-13-40-35-55-51(33-39(40)12-1)49-20-10-19-48(56(49)59-55)46-16-5-7-21-52(46)57(43-30-25-38(26-31-43)45-18-9-14-37-11-3-4-15-44(37)45)42-28-23-36(24-29-42)41-27-32-54-50(34-41)47-17-6-8-22-53(47)58-54/h1-2,4-10,12-35H,3,11H2. The lowest BCUT2D eigenvalue weighted by atomic mass is 9.90. The molecule has 1 aliphatic carbocycles. The van der Waals surface area contributed by atoms with Gasteiger partial charge in [-0.05, 0) is 118 Å². The van der Waals surface area contributed by atoms with E-state index >= 15 is 0 Å². The second-order valence-corrected chi connectivity index (χ2v) is 15.6. The van der Waals surface area contributed by atoms with E-state index in [0.29, 0.717) is 0 Å². The third kappa shape index (κ3) is 5.58. The van der Waals surface area contributed by atoms with Crippen LogP contribution in [0.25, 0.3) is 94.1 Å². The van der Waals surface area contributed by atoms with Gasteiger partial charge in [-0.15, -0.1) is 0 Å². The summed E-state index contributed by atoms with van der Waals surface area (Å²) in [5.41, 5.74) is 16.5. The summed E-state index contributed by atoms with van der Waals surface area (Å²) in [5, 5.41) is 6.87. The Morgan fingerprint density at radius 3 is 1.92 bits per heavy atom. The molecule has 0 N–H and O–H groups in total. The molecule has 9 aromatic carbocycles. The number of fused-ring (bicyclic) bond motifs is 8. The Hall–Kier alpha value is -7.62. The van der Waals surface area contributed by atoms with E-state index < -0.39 is 0 Å². The topological polar surface area (TPSA) is 29.5 Å². The molecule has 0 bridgehead atoms. The van der Waals surface area contributed by atoms with Gasteiger partial charge in [0.15, 0.2) is 0 Å². The summed E-state index contributed by atoms with van der Waals surface area (Å²) < 4.78 is 12.9. The first-order chi connectivity index (χ1) is 29.2. The highest BCUT2D eigenvalue weighted by atomic mass is 16.3. The molecule has 0 atom stereocenters. The molecule has 0 saturated carbocycles. The number of hydrogen-bond donors (Lipinski definition) is 0. The minimum atomic E-state index is 0.889. The van der Waals surface area contributed by atoms with Crippen molar-refractivity contribution < 1.29 is 8.83 Å². The third-order valence-electron chi connectivity index (χ3n) is 12.1. The van der Waals surface area contributed by atoms with Crippen molar-refractivity contribution >= 4 is 77.8 Å². The predicted molar refractivity (Wildman–Crippen MR) is 247 cm³/mol. The number of hydrogen-bond acceptors (Lipinski definition) is 3.